The van der Waals surface area contributed by atoms with E-state index in [4.69, 9.17) is 14.6 Å². The molecule has 31 heavy (non-hydrogen) atoms. The molecular weight excluding hydrogens is 402 g/mol. The predicted octanol–water partition coefficient (Wildman–Crippen LogP) is 2.89. The molecule has 0 fully saturated rings. The van der Waals surface area contributed by atoms with Crippen LogP contribution in [0.3, 0.4) is 0 Å². The summed E-state index contributed by atoms with van der Waals surface area (Å²) < 4.78 is 9.95. The lowest BCUT2D eigenvalue weighted by Crippen LogP contribution is -2.44. The second-order valence-electron chi connectivity index (χ2n) is 6.82. The molecule has 0 aromatic heterocycles. The highest BCUT2D eigenvalue weighted by molar-refractivity contribution is 5.92. The molecule has 0 aliphatic heterocycles. The summed E-state index contributed by atoms with van der Waals surface area (Å²) in [6.45, 7) is -0.655. The zero-order valence-corrected chi connectivity index (χ0v) is 17.0. The molecule has 2 rings (SSSR count). The number of esters is 1. The van der Waals surface area contributed by atoms with Crippen molar-refractivity contribution in [3.8, 4) is 0 Å². The lowest BCUT2D eigenvalue weighted by Gasteiger charge is -2.16. The van der Waals surface area contributed by atoms with Gasteiger partial charge in [-0.05, 0) is 24.0 Å². The average molecular weight is 427 g/mol. The first kappa shape index (κ1) is 23.6. The maximum atomic E-state index is 12.3. The minimum Gasteiger partial charge on any atom is -0.481 e. The van der Waals surface area contributed by atoms with E-state index in [2.05, 4.69) is 5.32 Å². The van der Waals surface area contributed by atoms with E-state index in [9.17, 15) is 19.2 Å². The summed E-state index contributed by atoms with van der Waals surface area (Å²) in [4.78, 5) is 47.1. The number of rotatable bonds is 12. The molecule has 0 aliphatic rings. The summed E-state index contributed by atoms with van der Waals surface area (Å²) in [5.74, 6) is -2.57. The molecule has 8 heteroatoms. The average Bonchev–Trinajstić information content (AvgIpc) is 2.77. The van der Waals surface area contributed by atoms with Crippen LogP contribution in [0.15, 0.2) is 60.7 Å². The number of alkyl carbamates (subject to hydrolysis) is 1. The number of carbonyl (C=O) groups excluding carboxylic acids is 3. The van der Waals surface area contributed by atoms with Gasteiger partial charge in [-0.15, -0.1) is 0 Å². The van der Waals surface area contributed by atoms with Crippen molar-refractivity contribution in [1.29, 1.82) is 0 Å². The molecule has 0 aliphatic carbocycles. The molecular formula is C23H25NO7. The van der Waals surface area contributed by atoms with Gasteiger partial charge < -0.3 is 19.9 Å². The zero-order chi connectivity index (χ0) is 22.5. The van der Waals surface area contributed by atoms with Gasteiger partial charge in [0.25, 0.3) is 0 Å². The number of ketones is 1. The number of ether oxygens (including phenoxy) is 2. The second kappa shape index (κ2) is 12.8. The van der Waals surface area contributed by atoms with E-state index >= 15 is 0 Å². The maximum Gasteiger partial charge on any atom is 0.408 e. The van der Waals surface area contributed by atoms with E-state index in [0.717, 1.165) is 11.1 Å². The molecule has 0 spiro atoms. The number of hydrogen-bond donors (Lipinski definition) is 2. The largest absolute Gasteiger partial charge is 0.481 e. The standard InChI is InChI=1S/C23H25NO7/c25-20(16-30-22(28)13-7-12-17-8-3-1-4-9-17)19(14-21(26)27)24-23(29)31-15-18-10-5-2-6-11-18/h1-6,8-11,19H,7,12-16H2,(H,24,29)(H,26,27)/t19-/m0/s1. The number of nitrogens with one attached hydrogen (secondary N) is 1. The Balaban J connectivity index is 1.75. The van der Waals surface area contributed by atoms with Crippen LogP contribution in [0, 0.1) is 0 Å². The van der Waals surface area contributed by atoms with E-state index in [1.165, 1.54) is 0 Å². The van der Waals surface area contributed by atoms with E-state index in [1.54, 1.807) is 24.3 Å². The number of carbonyl (C=O) groups is 4. The predicted molar refractivity (Wildman–Crippen MR) is 111 cm³/mol. The van der Waals surface area contributed by atoms with Crippen LogP contribution < -0.4 is 5.32 Å². The first-order valence-corrected chi connectivity index (χ1v) is 9.85. The Labute approximate surface area is 180 Å². The van der Waals surface area contributed by atoms with Crippen LogP contribution in [0.5, 0.6) is 0 Å². The molecule has 0 bridgehead atoms. The van der Waals surface area contributed by atoms with Gasteiger partial charge in [0.2, 0.25) is 0 Å². The highest BCUT2D eigenvalue weighted by atomic mass is 16.5. The summed E-state index contributed by atoms with van der Waals surface area (Å²) in [5.41, 5.74) is 1.83. The number of carboxylic acid groups (broad SMARTS) is 1. The number of carboxylic acids is 1. The fraction of sp³-hybridized carbons (Fsp3) is 0.304. The van der Waals surface area contributed by atoms with Gasteiger partial charge in [0.15, 0.2) is 12.4 Å². The molecule has 0 heterocycles. The maximum absolute atomic E-state index is 12.3. The minimum atomic E-state index is -1.36. The van der Waals surface area contributed by atoms with Gasteiger partial charge in [0, 0.05) is 6.42 Å². The minimum absolute atomic E-state index is 0.0307. The SMILES string of the molecule is O=C(O)C[C@H](NC(=O)OCc1ccccc1)C(=O)COC(=O)CCCc1ccccc1. The van der Waals surface area contributed by atoms with Crippen LogP contribution >= 0.6 is 0 Å². The lowest BCUT2D eigenvalue weighted by atomic mass is 10.1. The molecule has 1 atom stereocenters. The van der Waals surface area contributed by atoms with Crippen molar-refractivity contribution < 1.29 is 33.8 Å². The fourth-order valence-electron chi connectivity index (χ4n) is 2.73. The Morgan fingerprint density at radius 1 is 0.871 bits per heavy atom. The van der Waals surface area contributed by atoms with Crippen LogP contribution in [-0.4, -0.2) is 41.6 Å². The second-order valence-corrected chi connectivity index (χ2v) is 6.82. The van der Waals surface area contributed by atoms with Gasteiger partial charge in [-0.1, -0.05) is 60.7 Å². The molecule has 2 aromatic carbocycles. The van der Waals surface area contributed by atoms with Crippen molar-refractivity contribution in [2.75, 3.05) is 6.61 Å². The number of Topliss-reactive ketones (excluding diaryl/α,β-unsaturated/α-hetero) is 1. The Kier molecular flexibility index (Phi) is 9.74. The Morgan fingerprint density at radius 2 is 1.48 bits per heavy atom. The molecule has 1 amide bonds. The number of benzene rings is 2. The van der Waals surface area contributed by atoms with Crippen molar-refractivity contribution in [3.05, 3.63) is 71.8 Å². The number of amides is 1. The number of hydrogen-bond acceptors (Lipinski definition) is 6. The van der Waals surface area contributed by atoms with Crippen molar-refractivity contribution in [1.82, 2.24) is 5.32 Å². The van der Waals surface area contributed by atoms with E-state index in [0.29, 0.717) is 12.8 Å². The van der Waals surface area contributed by atoms with Gasteiger partial charge in [-0.3, -0.25) is 14.4 Å². The number of aliphatic carboxylic acids is 1. The van der Waals surface area contributed by atoms with E-state index in [1.807, 2.05) is 36.4 Å². The third kappa shape index (κ3) is 9.58. The topological polar surface area (TPSA) is 119 Å². The van der Waals surface area contributed by atoms with Crippen LogP contribution in [-0.2, 0) is 36.9 Å². The van der Waals surface area contributed by atoms with Gasteiger partial charge in [0.05, 0.1) is 6.42 Å². The van der Waals surface area contributed by atoms with Gasteiger partial charge in [-0.25, -0.2) is 4.79 Å². The summed E-state index contributed by atoms with van der Waals surface area (Å²) >= 11 is 0. The summed E-state index contributed by atoms with van der Waals surface area (Å²) in [5, 5.41) is 11.2. The molecule has 0 saturated heterocycles. The van der Waals surface area contributed by atoms with Crippen molar-refractivity contribution in [2.45, 2.75) is 38.3 Å². The Hall–Kier alpha value is -3.68. The van der Waals surface area contributed by atoms with Crippen molar-refractivity contribution in [3.63, 3.8) is 0 Å². The molecule has 164 valence electrons. The normalized spacial score (nSPS) is 11.2. The highest BCUT2D eigenvalue weighted by Gasteiger charge is 2.25. The third-order valence-electron chi connectivity index (χ3n) is 4.34. The monoisotopic (exact) mass is 427 g/mol. The first-order valence-electron chi connectivity index (χ1n) is 9.85. The van der Waals surface area contributed by atoms with Crippen molar-refractivity contribution >= 4 is 23.8 Å². The fourth-order valence-corrected chi connectivity index (χ4v) is 2.73. The summed E-state index contributed by atoms with van der Waals surface area (Å²) in [6.07, 6.45) is -0.207. The molecule has 8 nitrogen and oxygen atoms in total. The van der Waals surface area contributed by atoms with Crippen LogP contribution in [0.2, 0.25) is 0 Å². The lowest BCUT2D eigenvalue weighted by molar-refractivity contribution is -0.149. The zero-order valence-electron chi connectivity index (χ0n) is 17.0. The van der Waals surface area contributed by atoms with Crippen LogP contribution in [0.4, 0.5) is 4.79 Å². The molecule has 0 saturated carbocycles. The van der Waals surface area contributed by atoms with Crippen LogP contribution in [0.1, 0.15) is 30.4 Å². The Bertz CT molecular complexity index is 868. The van der Waals surface area contributed by atoms with E-state index < -0.39 is 42.9 Å². The van der Waals surface area contributed by atoms with Crippen molar-refractivity contribution in [2.24, 2.45) is 0 Å². The van der Waals surface area contributed by atoms with E-state index in [-0.39, 0.29) is 13.0 Å². The molecule has 0 radical (unpaired) electrons. The molecule has 2 aromatic rings. The van der Waals surface area contributed by atoms with Gasteiger partial charge in [0.1, 0.15) is 12.6 Å². The summed E-state index contributed by atoms with van der Waals surface area (Å²) in [7, 11) is 0. The Morgan fingerprint density at radius 3 is 2.10 bits per heavy atom. The van der Waals surface area contributed by atoms with Gasteiger partial charge >= 0.3 is 18.0 Å². The van der Waals surface area contributed by atoms with Crippen LogP contribution in [0.25, 0.3) is 0 Å². The third-order valence-corrected chi connectivity index (χ3v) is 4.34. The highest BCUT2D eigenvalue weighted by Crippen LogP contribution is 2.06. The quantitative estimate of drug-likeness (QED) is 0.500. The summed E-state index contributed by atoms with van der Waals surface area (Å²) in [6, 6.07) is 17.1. The number of aryl methyl sites for hydroxylation is 1. The molecule has 2 N–H and O–H groups in total. The molecule has 0 unspecified atom stereocenters. The first-order chi connectivity index (χ1) is 14.9. The smallest absolute Gasteiger partial charge is 0.408 e. The van der Waals surface area contributed by atoms with Gasteiger partial charge in [-0.2, -0.15) is 0 Å².